The molecule has 0 aromatic heterocycles. The second-order valence-corrected chi connectivity index (χ2v) is 4.53. The van der Waals surface area contributed by atoms with E-state index in [1.54, 1.807) is 18.2 Å². The minimum absolute atomic E-state index is 0.199. The summed E-state index contributed by atoms with van der Waals surface area (Å²) >= 11 is 0. The third-order valence-corrected chi connectivity index (χ3v) is 3.29. The minimum Gasteiger partial charge on any atom is -0.465 e. The Morgan fingerprint density at radius 2 is 1.43 bits per heavy atom. The summed E-state index contributed by atoms with van der Waals surface area (Å²) in [4.78, 5) is 24.0. The molecule has 0 saturated heterocycles. The van der Waals surface area contributed by atoms with Gasteiger partial charge in [0.05, 0.1) is 25.3 Å². The molecule has 2 aromatic carbocycles. The van der Waals surface area contributed by atoms with Crippen LogP contribution >= 0.6 is 0 Å². The molecule has 21 heavy (non-hydrogen) atoms. The molecular formula is C17H16O4. The van der Waals surface area contributed by atoms with Gasteiger partial charge >= 0.3 is 11.9 Å². The number of hydrogen-bond acceptors (Lipinski definition) is 4. The van der Waals surface area contributed by atoms with Gasteiger partial charge in [-0.2, -0.15) is 0 Å². The lowest BCUT2D eigenvalue weighted by molar-refractivity contribution is 0.0556. The van der Waals surface area contributed by atoms with Gasteiger partial charge in [-0.3, -0.25) is 0 Å². The molecule has 0 heterocycles. The molecule has 0 bridgehead atoms. The monoisotopic (exact) mass is 284 g/mol. The van der Waals surface area contributed by atoms with Crippen LogP contribution in [0, 0.1) is 6.92 Å². The van der Waals surface area contributed by atoms with Gasteiger partial charge in [0, 0.05) is 0 Å². The van der Waals surface area contributed by atoms with Crippen LogP contribution in [-0.2, 0) is 9.47 Å². The van der Waals surface area contributed by atoms with E-state index in [0.29, 0.717) is 5.56 Å². The van der Waals surface area contributed by atoms with Crippen molar-refractivity contribution in [2.45, 2.75) is 6.92 Å². The summed E-state index contributed by atoms with van der Waals surface area (Å²) in [5.74, 6) is -1.12. The van der Waals surface area contributed by atoms with Crippen molar-refractivity contribution in [2.75, 3.05) is 14.2 Å². The quantitative estimate of drug-likeness (QED) is 0.812. The normalized spacial score (nSPS) is 10.0. The van der Waals surface area contributed by atoms with E-state index in [4.69, 9.17) is 9.47 Å². The lowest BCUT2D eigenvalue weighted by Gasteiger charge is -2.13. The first-order chi connectivity index (χ1) is 10.1. The van der Waals surface area contributed by atoms with Crippen molar-refractivity contribution in [3.8, 4) is 11.1 Å². The highest BCUT2D eigenvalue weighted by Gasteiger charge is 2.23. The Kier molecular flexibility index (Phi) is 4.38. The smallest absolute Gasteiger partial charge is 0.339 e. The third-order valence-electron chi connectivity index (χ3n) is 3.29. The summed E-state index contributed by atoms with van der Waals surface area (Å²) in [6.45, 7) is 1.95. The van der Waals surface area contributed by atoms with Crippen LogP contribution in [0.4, 0.5) is 0 Å². The van der Waals surface area contributed by atoms with Crippen LogP contribution in [0.15, 0.2) is 42.5 Å². The third kappa shape index (κ3) is 2.79. The van der Waals surface area contributed by atoms with E-state index >= 15 is 0 Å². The molecule has 0 aliphatic heterocycles. The molecule has 0 radical (unpaired) electrons. The average Bonchev–Trinajstić information content (AvgIpc) is 2.53. The number of carbonyl (C=O) groups excluding carboxylic acids is 2. The van der Waals surface area contributed by atoms with E-state index in [1.165, 1.54) is 14.2 Å². The number of aryl methyl sites for hydroxylation is 1. The molecule has 0 N–H and O–H groups in total. The molecule has 0 amide bonds. The summed E-state index contributed by atoms with van der Waals surface area (Å²) < 4.78 is 9.57. The maximum absolute atomic E-state index is 12.1. The highest BCUT2D eigenvalue weighted by Crippen LogP contribution is 2.29. The highest BCUT2D eigenvalue weighted by molar-refractivity contribution is 6.08. The van der Waals surface area contributed by atoms with Gasteiger partial charge in [-0.05, 0) is 29.7 Å². The first kappa shape index (κ1) is 14.8. The summed E-state index contributed by atoms with van der Waals surface area (Å²) in [5.41, 5.74) is 2.96. The molecule has 4 heteroatoms. The molecule has 0 aliphatic carbocycles. The average molecular weight is 284 g/mol. The molecule has 2 rings (SSSR count). The first-order valence-electron chi connectivity index (χ1n) is 6.45. The zero-order valence-corrected chi connectivity index (χ0v) is 12.2. The van der Waals surface area contributed by atoms with Gasteiger partial charge in [0.25, 0.3) is 0 Å². The maximum Gasteiger partial charge on any atom is 0.339 e. The van der Waals surface area contributed by atoms with Crippen molar-refractivity contribution < 1.29 is 19.1 Å². The molecular weight excluding hydrogens is 268 g/mol. The summed E-state index contributed by atoms with van der Waals surface area (Å²) in [7, 11) is 2.57. The Morgan fingerprint density at radius 1 is 0.810 bits per heavy atom. The fraction of sp³-hybridized carbons (Fsp3) is 0.176. The van der Waals surface area contributed by atoms with Crippen LogP contribution < -0.4 is 0 Å². The second kappa shape index (κ2) is 6.22. The molecule has 4 nitrogen and oxygen atoms in total. The highest BCUT2D eigenvalue weighted by atomic mass is 16.5. The molecule has 0 atom stereocenters. The van der Waals surface area contributed by atoms with Crippen molar-refractivity contribution >= 4 is 11.9 Å². The van der Waals surface area contributed by atoms with Crippen LogP contribution in [0.2, 0.25) is 0 Å². The van der Waals surface area contributed by atoms with E-state index in [0.717, 1.165) is 11.1 Å². The van der Waals surface area contributed by atoms with Crippen molar-refractivity contribution in [1.29, 1.82) is 0 Å². The predicted molar refractivity (Wildman–Crippen MR) is 79.3 cm³/mol. The maximum atomic E-state index is 12.1. The van der Waals surface area contributed by atoms with Crippen LogP contribution in [0.25, 0.3) is 11.1 Å². The Hall–Kier alpha value is -2.62. The Bertz CT molecular complexity index is 689. The number of benzene rings is 2. The summed E-state index contributed by atoms with van der Waals surface area (Å²) in [6.07, 6.45) is 0. The Morgan fingerprint density at radius 3 is 2.05 bits per heavy atom. The molecule has 0 fully saturated rings. The van der Waals surface area contributed by atoms with Crippen LogP contribution in [0.3, 0.4) is 0 Å². The lowest BCUT2D eigenvalue weighted by atomic mass is 9.93. The predicted octanol–water partition coefficient (Wildman–Crippen LogP) is 3.24. The number of esters is 2. The molecule has 0 spiro atoms. The fourth-order valence-corrected chi connectivity index (χ4v) is 2.25. The van der Waals surface area contributed by atoms with Crippen LogP contribution in [0.1, 0.15) is 26.3 Å². The zero-order valence-electron chi connectivity index (χ0n) is 12.2. The van der Waals surface area contributed by atoms with E-state index in [1.807, 2.05) is 31.2 Å². The topological polar surface area (TPSA) is 52.6 Å². The van der Waals surface area contributed by atoms with Crippen LogP contribution in [-0.4, -0.2) is 26.2 Å². The number of carbonyl (C=O) groups is 2. The standard InChI is InChI=1S/C17H16O4/c1-11-7-4-5-8-12(11)13-9-6-10-14(16(18)20-2)15(13)17(19)21-3/h4-10H,1-3H3. The second-order valence-electron chi connectivity index (χ2n) is 4.53. The number of hydrogen-bond donors (Lipinski definition) is 0. The first-order valence-corrected chi connectivity index (χ1v) is 6.45. The largest absolute Gasteiger partial charge is 0.465 e. The lowest BCUT2D eigenvalue weighted by Crippen LogP contribution is -2.13. The minimum atomic E-state index is -0.564. The van der Waals surface area contributed by atoms with E-state index in [-0.39, 0.29) is 11.1 Å². The van der Waals surface area contributed by atoms with Gasteiger partial charge in [0.2, 0.25) is 0 Å². The van der Waals surface area contributed by atoms with Gasteiger partial charge < -0.3 is 9.47 Å². The van der Waals surface area contributed by atoms with Crippen LogP contribution in [0.5, 0.6) is 0 Å². The van der Waals surface area contributed by atoms with Gasteiger partial charge in [-0.1, -0.05) is 36.4 Å². The van der Waals surface area contributed by atoms with Crippen molar-refractivity contribution in [2.24, 2.45) is 0 Å². The zero-order chi connectivity index (χ0) is 15.4. The van der Waals surface area contributed by atoms with Crippen molar-refractivity contribution in [3.05, 3.63) is 59.2 Å². The Labute approximate surface area is 123 Å². The van der Waals surface area contributed by atoms with Crippen molar-refractivity contribution in [3.63, 3.8) is 0 Å². The molecule has 0 aliphatic rings. The summed E-state index contributed by atoms with van der Waals surface area (Å²) in [5, 5.41) is 0. The molecule has 0 saturated carbocycles. The molecule has 108 valence electrons. The Balaban J connectivity index is 2.75. The van der Waals surface area contributed by atoms with Gasteiger partial charge in [-0.25, -0.2) is 9.59 Å². The van der Waals surface area contributed by atoms with Gasteiger partial charge in [-0.15, -0.1) is 0 Å². The molecule has 0 unspecified atom stereocenters. The fourth-order valence-electron chi connectivity index (χ4n) is 2.25. The SMILES string of the molecule is COC(=O)c1cccc(-c2ccccc2C)c1C(=O)OC. The van der Waals surface area contributed by atoms with E-state index in [2.05, 4.69) is 0 Å². The van der Waals surface area contributed by atoms with Gasteiger partial charge in [0.1, 0.15) is 0 Å². The van der Waals surface area contributed by atoms with E-state index in [9.17, 15) is 9.59 Å². The van der Waals surface area contributed by atoms with Crippen molar-refractivity contribution in [1.82, 2.24) is 0 Å². The van der Waals surface area contributed by atoms with E-state index < -0.39 is 11.9 Å². The molecule has 2 aromatic rings. The number of ether oxygens (including phenoxy) is 2. The number of rotatable bonds is 3. The summed E-state index contributed by atoms with van der Waals surface area (Å²) in [6, 6.07) is 12.7. The number of methoxy groups -OCH3 is 2. The van der Waals surface area contributed by atoms with Gasteiger partial charge in [0.15, 0.2) is 0 Å².